The van der Waals surface area contributed by atoms with Gasteiger partial charge in [0.05, 0.1) is 7.11 Å². The lowest BCUT2D eigenvalue weighted by atomic mass is 10.2. The average molecular weight is 382 g/mol. The van der Waals surface area contributed by atoms with Gasteiger partial charge in [-0.05, 0) is 38.1 Å². The Hall–Kier alpha value is -1.77. The maximum atomic E-state index is 10.0. The molecule has 0 fully saturated rings. The van der Waals surface area contributed by atoms with Crippen molar-refractivity contribution >= 4 is 6.29 Å². The largest absolute Gasteiger partial charge is 0.497 e. The minimum Gasteiger partial charge on any atom is -0.497 e. The zero-order valence-electron chi connectivity index (χ0n) is 16.9. The molecule has 0 radical (unpaired) electrons. The normalized spacial score (nSPS) is 13.9. The van der Waals surface area contributed by atoms with Crippen molar-refractivity contribution in [2.75, 3.05) is 27.8 Å². The molecule has 0 bridgehead atoms. The van der Waals surface area contributed by atoms with Crippen molar-refractivity contribution in [3.63, 3.8) is 0 Å². The van der Waals surface area contributed by atoms with E-state index in [1.54, 1.807) is 14.0 Å². The lowest BCUT2D eigenvalue weighted by Crippen LogP contribution is -2.49. The van der Waals surface area contributed by atoms with Gasteiger partial charge in [-0.3, -0.25) is 10.2 Å². The lowest BCUT2D eigenvalue weighted by Gasteiger charge is -2.23. The Morgan fingerprint density at radius 3 is 2.41 bits per heavy atom. The summed E-state index contributed by atoms with van der Waals surface area (Å²) in [5.74, 6) is 0.903. The van der Waals surface area contributed by atoms with Gasteiger partial charge in [0.1, 0.15) is 24.5 Å². The third-order valence-electron chi connectivity index (χ3n) is 3.70. The van der Waals surface area contributed by atoms with Gasteiger partial charge in [-0.1, -0.05) is 18.2 Å². The number of aliphatic hydroxyl groups excluding tert-OH is 1. The molecule has 0 aliphatic rings. The van der Waals surface area contributed by atoms with E-state index in [2.05, 4.69) is 36.0 Å². The number of carbonyl (C=O) groups is 1. The van der Waals surface area contributed by atoms with Gasteiger partial charge in [0.2, 0.25) is 0 Å². The van der Waals surface area contributed by atoms with Gasteiger partial charge in [0.15, 0.2) is 0 Å². The Labute approximate surface area is 163 Å². The van der Waals surface area contributed by atoms with Crippen LogP contribution in [-0.2, 0) is 16.1 Å². The minimum absolute atomic E-state index is 0.212. The van der Waals surface area contributed by atoms with Crippen molar-refractivity contribution < 1.29 is 19.4 Å². The number of nitrogens with zero attached hydrogens (tertiary/aromatic N) is 1. The van der Waals surface area contributed by atoms with Gasteiger partial charge < -0.3 is 25.1 Å². The molecule has 0 aromatic heterocycles. The van der Waals surface area contributed by atoms with Crippen LogP contribution < -0.4 is 15.8 Å². The molecule has 1 aromatic rings. The number of ether oxygens (including phenoxy) is 2. The molecule has 1 aromatic carbocycles. The van der Waals surface area contributed by atoms with Crippen molar-refractivity contribution in [1.82, 2.24) is 10.2 Å². The number of methoxy groups -OCH3 is 2. The van der Waals surface area contributed by atoms with E-state index in [0.29, 0.717) is 12.8 Å². The average Bonchev–Trinajstić information content (AvgIpc) is 2.65. The van der Waals surface area contributed by atoms with Crippen LogP contribution in [0, 0.1) is 0 Å². The molecular formula is C20H35N3O4. The first kappa shape index (κ1) is 25.2. The zero-order chi connectivity index (χ0) is 20.7. The second-order valence-corrected chi connectivity index (χ2v) is 6.28. The van der Waals surface area contributed by atoms with E-state index in [9.17, 15) is 9.90 Å². The highest BCUT2D eigenvalue weighted by molar-refractivity contribution is 5.49. The molecule has 3 unspecified atom stereocenters. The monoisotopic (exact) mass is 381 g/mol. The van der Waals surface area contributed by atoms with E-state index in [4.69, 9.17) is 15.2 Å². The molecule has 0 amide bonds. The van der Waals surface area contributed by atoms with Crippen LogP contribution in [0.2, 0.25) is 0 Å². The highest BCUT2D eigenvalue weighted by atomic mass is 16.5. The number of nitrogens with one attached hydrogen (secondary N) is 1. The van der Waals surface area contributed by atoms with Gasteiger partial charge in [0, 0.05) is 32.7 Å². The molecule has 1 rings (SSSR count). The van der Waals surface area contributed by atoms with Crippen molar-refractivity contribution in [2.24, 2.45) is 5.73 Å². The van der Waals surface area contributed by atoms with Crippen LogP contribution in [0.1, 0.15) is 25.3 Å². The van der Waals surface area contributed by atoms with Crippen molar-refractivity contribution in [3.05, 3.63) is 42.5 Å². The fraction of sp³-hybridized carbons (Fsp3) is 0.550. The van der Waals surface area contributed by atoms with E-state index in [-0.39, 0.29) is 12.3 Å². The maximum Gasteiger partial charge on any atom is 0.124 e. The van der Waals surface area contributed by atoms with Crippen LogP contribution in [0.3, 0.4) is 0 Å². The van der Waals surface area contributed by atoms with Crippen LogP contribution in [0.5, 0.6) is 5.75 Å². The molecule has 154 valence electrons. The Balaban J connectivity index is 0.000000503. The molecule has 27 heavy (non-hydrogen) atoms. The lowest BCUT2D eigenvalue weighted by molar-refractivity contribution is -0.108. The minimum atomic E-state index is -0.749. The Bertz CT molecular complexity index is 508. The summed E-state index contributed by atoms with van der Waals surface area (Å²) in [7, 11) is 5.26. The zero-order valence-corrected chi connectivity index (χ0v) is 16.9. The number of aldehydes is 1. The fourth-order valence-corrected chi connectivity index (χ4v) is 2.26. The van der Waals surface area contributed by atoms with E-state index in [1.165, 1.54) is 12.7 Å². The molecule has 4 N–H and O–H groups in total. The predicted molar refractivity (Wildman–Crippen MR) is 108 cm³/mol. The summed E-state index contributed by atoms with van der Waals surface area (Å²) in [6, 6.07) is 7.92. The molecule has 7 heteroatoms. The van der Waals surface area contributed by atoms with Crippen molar-refractivity contribution in [3.8, 4) is 5.75 Å². The summed E-state index contributed by atoms with van der Waals surface area (Å²) in [6.07, 6.45) is 2.23. The molecule has 0 heterocycles. The number of hydrogen-bond donors (Lipinski definition) is 3. The molecule has 0 spiro atoms. The fourth-order valence-electron chi connectivity index (χ4n) is 2.26. The topological polar surface area (TPSA) is 97.0 Å². The van der Waals surface area contributed by atoms with E-state index >= 15 is 0 Å². The summed E-state index contributed by atoms with van der Waals surface area (Å²) >= 11 is 0. The van der Waals surface area contributed by atoms with Gasteiger partial charge in [-0.15, -0.1) is 6.58 Å². The summed E-state index contributed by atoms with van der Waals surface area (Å²) < 4.78 is 10.1. The molecule has 7 nitrogen and oxygen atoms in total. The predicted octanol–water partition coefficient (Wildman–Crippen LogP) is 1.51. The SMILES string of the molecule is C=CCN(C)Cc1ccc(OC)cc1.COC(NC(O)CCC=O)C(C)N. The summed E-state index contributed by atoms with van der Waals surface area (Å²) in [5.41, 5.74) is 6.84. The highest BCUT2D eigenvalue weighted by Crippen LogP contribution is 2.12. The number of nitrogens with two attached hydrogens (primary N) is 1. The number of rotatable bonds is 12. The van der Waals surface area contributed by atoms with Crippen LogP contribution in [-0.4, -0.2) is 62.6 Å². The number of hydrogen-bond acceptors (Lipinski definition) is 7. The second-order valence-electron chi connectivity index (χ2n) is 6.28. The Kier molecular flexibility index (Phi) is 14.3. The Morgan fingerprint density at radius 1 is 1.33 bits per heavy atom. The molecule has 3 atom stereocenters. The van der Waals surface area contributed by atoms with Crippen molar-refractivity contribution in [1.29, 1.82) is 0 Å². The standard InChI is InChI=1S/C12H17NO.C8H18N2O3/c1-4-9-13(2)10-11-5-7-12(14-3)8-6-11;1-6(9)8(13-2)10-7(12)4-3-5-11/h4-8H,1,9-10H2,2-3H3;5-8,10,12H,3-4,9H2,1-2H3. The molecule has 0 saturated heterocycles. The van der Waals surface area contributed by atoms with E-state index in [1.807, 2.05) is 18.2 Å². The van der Waals surface area contributed by atoms with Gasteiger partial charge >= 0.3 is 0 Å². The van der Waals surface area contributed by atoms with Crippen molar-refractivity contribution in [2.45, 2.75) is 44.8 Å². The molecular weight excluding hydrogens is 346 g/mol. The van der Waals surface area contributed by atoms with Crippen LogP contribution in [0.4, 0.5) is 0 Å². The molecule has 0 saturated carbocycles. The highest BCUT2D eigenvalue weighted by Gasteiger charge is 2.15. The van der Waals surface area contributed by atoms with Gasteiger partial charge in [-0.25, -0.2) is 0 Å². The smallest absolute Gasteiger partial charge is 0.124 e. The third kappa shape index (κ3) is 12.3. The number of benzene rings is 1. The summed E-state index contributed by atoms with van der Waals surface area (Å²) in [5, 5.41) is 12.1. The first-order valence-corrected chi connectivity index (χ1v) is 8.96. The summed E-state index contributed by atoms with van der Waals surface area (Å²) in [6.45, 7) is 7.33. The van der Waals surface area contributed by atoms with Gasteiger partial charge in [0.25, 0.3) is 0 Å². The second kappa shape index (κ2) is 15.3. The number of likely N-dealkylation sites (N-methyl/N-ethyl adjacent to an activating group) is 1. The Morgan fingerprint density at radius 2 is 1.96 bits per heavy atom. The van der Waals surface area contributed by atoms with Gasteiger partial charge in [-0.2, -0.15) is 0 Å². The van der Waals surface area contributed by atoms with E-state index < -0.39 is 6.23 Å². The molecule has 0 aliphatic heterocycles. The van der Waals surface area contributed by atoms with E-state index in [0.717, 1.165) is 25.1 Å². The number of carbonyl (C=O) groups excluding carboxylic acids is 1. The first-order chi connectivity index (χ1) is 12.9. The third-order valence-corrected chi connectivity index (χ3v) is 3.70. The summed E-state index contributed by atoms with van der Waals surface area (Å²) in [4.78, 5) is 12.2. The first-order valence-electron chi connectivity index (χ1n) is 8.96. The van der Waals surface area contributed by atoms with Crippen LogP contribution >= 0.6 is 0 Å². The number of aliphatic hydroxyl groups is 1. The quantitative estimate of drug-likeness (QED) is 0.287. The maximum absolute atomic E-state index is 10.0. The molecule has 0 aliphatic carbocycles. The van der Waals surface area contributed by atoms with Crippen LogP contribution in [0.15, 0.2) is 36.9 Å². The van der Waals surface area contributed by atoms with Crippen LogP contribution in [0.25, 0.3) is 0 Å².